The summed E-state index contributed by atoms with van der Waals surface area (Å²) in [7, 11) is -34.3. The van der Waals surface area contributed by atoms with E-state index in [9.17, 15) is 79.0 Å². The Morgan fingerprint density at radius 1 is 0.176 bits per heavy atom. The maximum atomic E-state index is 16.7. The average Bonchev–Trinajstić information content (AvgIpc) is 0.698. The maximum Gasteiger partial charge on any atom is 0.471 e. The van der Waals surface area contributed by atoms with Gasteiger partial charge in [0.25, 0.3) is 0 Å². The minimum Gasteiger partial charge on any atom is -0.417 e. The minimum absolute atomic E-state index is 0.0528. The third kappa shape index (κ3) is 34.1. The molecule has 0 aliphatic heterocycles. The molecule has 0 aliphatic carbocycles. The summed E-state index contributed by atoms with van der Waals surface area (Å²) in [6.45, 7) is 11.1. The molecule has 0 aromatic rings. The summed E-state index contributed by atoms with van der Waals surface area (Å²) in [6, 6.07) is -5.98. The average molecular weight is 2060 g/mol. The van der Waals surface area contributed by atoms with Gasteiger partial charge in [0.05, 0.1) is 106 Å². The van der Waals surface area contributed by atoms with Gasteiger partial charge >= 0.3 is 130 Å². The Hall–Kier alpha value is -1.40. The molecule has 0 N–H and O–H groups in total. The number of rotatable bonds is 72. The molecule has 0 saturated carbocycles. The summed E-state index contributed by atoms with van der Waals surface area (Å²) in [4.78, 5) is 0. The Balaban J connectivity index is 9.60. The molecule has 0 fully saturated rings. The van der Waals surface area contributed by atoms with E-state index in [0.29, 0.717) is 0 Å². The number of methoxy groups -OCH3 is 4. The molecule has 0 saturated heterocycles. The quantitative estimate of drug-likeness (QED) is 0.0319. The van der Waals surface area contributed by atoms with Crippen LogP contribution in [0.15, 0.2) is 0 Å². The molecule has 0 aliphatic rings. The molecule has 0 radical (unpaired) electrons. The Bertz CT molecular complexity index is 2810. The number of halogens is 34. The van der Waals surface area contributed by atoms with Crippen molar-refractivity contribution in [2.45, 2.75) is 249 Å². The van der Waals surface area contributed by atoms with Crippen molar-refractivity contribution in [2.24, 2.45) is 0 Å². The molecular weight excluding hydrogens is 1940 g/mol. The highest BCUT2D eigenvalue weighted by molar-refractivity contribution is 6.93. The van der Waals surface area contributed by atoms with Crippen LogP contribution in [0, 0.1) is 0 Å². The normalized spacial score (nSPS) is 15.3. The van der Waals surface area contributed by atoms with Gasteiger partial charge in [0, 0.05) is 79.8 Å². The SMILES string of the molecule is COCCOCCOCCC[Si](C)(C)O[Si](CCC(F)(F)C(F)(F)C(F)(F)C(F)(F)C(F)(F)C(F)(F)C(F)(F)C(F)(F)F)(O[Si](C)(C)CCCOCCOCCOC)O[Si](C)(C)O[Si](C)(C)O[Si](CCC(F)(F)C(F)(F)C(F)(F)C(F)(F)C(F)(F)C(F)(F)C(F)(F)C(F)(F)F)(O[Si](C)(C)CCCOCCOCCOC)O[Si](C)(C)CCCOCCOCCOC. The van der Waals surface area contributed by atoms with Gasteiger partial charge in [-0.25, -0.2) is 0 Å². The van der Waals surface area contributed by atoms with E-state index in [1.165, 1.54) is 80.8 Å². The van der Waals surface area contributed by atoms with Crippen molar-refractivity contribution in [3.05, 3.63) is 0 Å². The van der Waals surface area contributed by atoms with Crippen LogP contribution in [0.25, 0.3) is 0 Å². The zero-order chi connectivity index (χ0) is 98.1. The third-order valence-corrected chi connectivity index (χ3v) is 49.7. The molecular formula is C64H112F34O19Si8. The van der Waals surface area contributed by atoms with E-state index in [0.717, 1.165) is 26.2 Å². The molecule has 19 nitrogen and oxygen atoms in total. The predicted molar refractivity (Wildman–Crippen MR) is 396 cm³/mol. The maximum absolute atomic E-state index is 16.7. The van der Waals surface area contributed by atoms with Gasteiger partial charge in [-0.3, -0.25) is 0 Å². The van der Waals surface area contributed by atoms with Crippen molar-refractivity contribution < 1.29 is 235 Å². The van der Waals surface area contributed by atoms with Gasteiger partial charge in [-0.1, -0.05) is 0 Å². The number of hydrogen-bond donors (Lipinski definition) is 0. The fourth-order valence-electron chi connectivity index (χ4n) is 11.3. The highest BCUT2D eigenvalue weighted by Gasteiger charge is 2.97. The van der Waals surface area contributed by atoms with Crippen LogP contribution in [-0.2, 0) is 85.6 Å². The zero-order valence-corrected chi connectivity index (χ0v) is 79.2. The Morgan fingerprint density at radius 3 is 0.512 bits per heavy atom. The van der Waals surface area contributed by atoms with E-state index in [2.05, 4.69) is 0 Å². The lowest BCUT2D eigenvalue weighted by Crippen LogP contribution is -2.74. The molecule has 752 valence electrons. The lowest BCUT2D eigenvalue weighted by Gasteiger charge is -2.48. The highest BCUT2D eigenvalue weighted by atomic mass is 28.5. The van der Waals surface area contributed by atoms with Crippen LogP contribution in [0.5, 0.6) is 0 Å². The van der Waals surface area contributed by atoms with Crippen molar-refractivity contribution in [3.63, 3.8) is 0 Å². The summed E-state index contributed by atoms with van der Waals surface area (Å²) in [6.07, 6.45) is -23.5. The molecule has 125 heavy (non-hydrogen) atoms. The van der Waals surface area contributed by atoms with Crippen LogP contribution < -0.4 is 0 Å². The summed E-state index contributed by atoms with van der Waals surface area (Å²) in [5.41, 5.74) is 0. The van der Waals surface area contributed by atoms with Gasteiger partial charge in [-0.15, -0.1) is 0 Å². The number of alkyl halides is 34. The van der Waals surface area contributed by atoms with Crippen LogP contribution in [0.1, 0.15) is 38.5 Å². The molecule has 0 bridgehead atoms. The summed E-state index contributed by atoms with van der Waals surface area (Å²) in [5, 5.41) is 0. The van der Waals surface area contributed by atoms with Crippen molar-refractivity contribution >= 4 is 68.0 Å². The number of ether oxygens (including phenoxy) is 12. The minimum atomic E-state index is -9.07. The van der Waals surface area contributed by atoms with E-state index in [4.69, 9.17) is 85.6 Å². The molecule has 0 aromatic carbocycles. The first-order valence-corrected chi connectivity index (χ1v) is 60.0. The summed E-state index contributed by atoms with van der Waals surface area (Å²) >= 11 is 0. The van der Waals surface area contributed by atoms with Gasteiger partial charge in [-0.2, -0.15) is 149 Å². The molecule has 0 unspecified atom stereocenters. The second-order valence-electron chi connectivity index (χ2n) is 31.5. The Labute approximate surface area is 709 Å². The monoisotopic (exact) mass is 2050 g/mol. The van der Waals surface area contributed by atoms with Crippen LogP contribution in [-0.4, -0.2) is 324 Å². The molecule has 0 atom stereocenters. The standard InChI is InChI=1S/C64H112F34O19Si8/c1-99-27-31-107-39-35-103-23-17-43-118(5,6)111-124(112-119(7,8)44-18-24-104-36-40-108-32-28-100-2,47-21-49(65,66)51(69,70)53(73,74)55(77,78)57(81,82)59(85,86)61(89,90)63(93,94)95)116-122(13,14)115-123(15,16)117-125(113-120(9,10)45-19-25-105-37-41-109-33-29-101-3,114-121(11,12)46-20-26-106-38-42-110-34-30-102-4)48-22-50(67,68)52(71,72)54(75,76)56(79,80)58(83,84)60(87,88)62(91,92)64(96,97)98/h17-48H2,1-16H3. The summed E-state index contributed by atoms with van der Waals surface area (Å²) in [5.74, 6) is -120. The van der Waals surface area contributed by atoms with Crippen molar-refractivity contribution in [1.82, 2.24) is 0 Å². The summed E-state index contributed by atoms with van der Waals surface area (Å²) < 4.78 is 617. The van der Waals surface area contributed by atoms with Gasteiger partial charge < -0.3 is 85.6 Å². The molecule has 0 amide bonds. The predicted octanol–water partition coefficient (Wildman–Crippen LogP) is 20.3. The van der Waals surface area contributed by atoms with Crippen molar-refractivity contribution in [1.29, 1.82) is 0 Å². The van der Waals surface area contributed by atoms with E-state index in [1.807, 2.05) is 0 Å². The van der Waals surface area contributed by atoms with Crippen LogP contribution >= 0.6 is 0 Å². The fraction of sp³-hybridized carbons (Fsp3) is 1.00. The molecule has 0 spiro atoms. The first-order valence-electron chi connectivity index (χ1n) is 38.0. The Kier molecular flexibility index (Phi) is 47.8. The lowest BCUT2D eigenvalue weighted by molar-refractivity contribution is -0.461. The van der Waals surface area contributed by atoms with Gasteiger partial charge in [0.2, 0.25) is 0 Å². The molecule has 0 aromatic heterocycles. The topological polar surface area (TPSA) is 175 Å². The van der Waals surface area contributed by atoms with Gasteiger partial charge in [0.1, 0.15) is 0 Å². The Morgan fingerprint density at radius 2 is 0.336 bits per heavy atom. The fourth-order valence-corrected chi connectivity index (χ4v) is 49.1. The van der Waals surface area contributed by atoms with Gasteiger partial charge in [-0.05, 0) is 128 Å². The largest absolute Gasteiger partial charge is 0.471 e. The smallest absolute Gasteiger partial charge is 0.417 e. The first kappa shape index (κ1) is 124. The molecule has 61 heteroatoms. The van der Waals surface area contributed by atoms with Crippen molar-refractivity contribution in [2.75, 3.05) is 161 Å². The van der Waals surface area contributed by atoms with Crippen molar-refractivity contribution in [3.8, 4) is 0 Å². The van der Waals surface area contributed by atoms with E-state index in [1.54, 1.807) is 0 Å². The van der Waals surface area contributed by atoms with E-state index in [-0.39, 0.29) is 182 Å². The molecule has 0 heterocycles. The van der Waals surface area contributed by atoms with Crippen LogP contribution in [0.3, 0.4) is 0 Å². The van der Waals surface area contributed by atoms with Crippen LogP contribution in [0.2, 0.25) is 115 Å². The third-order valence-electron chi connectivity index (χ3n) is 17.6. The second-order valence-corrected chi connectivity index (χ2v) is 62.6. The number of hydrogen-bond acceptors (Lipinski definition) is 19. The van der Waals surface area contributed by atoms with E-state index >= 15 is 70.2 Å². The van der Waals surface area contributed by atoms with E-state index < -0.39 is 188 Å². The molecule has 0 rings (SSSR count). The van der Waals surface area contributed by atoms with Gasteiger partial charge in [0.15, 0.2) is 33.3 Å². The van der Waals surface area contributed by atoms with Crippen LogP contribution in [0.4, 0.5) is 149 Å². The second kappa shape index (κ2) is 48.4. The first-order chi connectivity index (χ1) is 56.1. The highest BCUT2D eigenvalue weighted by Crippen LogP contribution is 2.67. The lowest BCUT2D eigenvalue weighted by atomic mass is 9.88. The zero-order valence-electron chi connectivity index (χ0n) is 71.2.